The number of ether oxygens (including phenoxy) is 3. The first-order valence-electron chi connectivity index (χ1n) is 15.0. The van der Waals surface area contributed by atoms with Crippen molar-refractivity contribution >= 4 is 30.3 Å². The summed E-state index contributed by atoms with van der Waals surface area (Å²) in [6.07, 6.45) is 3.20. The normalized spacial score (nSPS) is 14.3. The minimum Gasteiger partial charge on any atom is -0.497 e. The lowest BCUT2D eigenvalue weighted by Crippen LogP contribution is -2.16. The minimum absolute atomic E-state index is 0.165. The van der Waals surface area contributed by atoms with Crippen LogP contribution in [-0.4, -0.2) is 44.8 Å². The highest BCUT2D eigenvalue weighted by atomic mass is 19.2. The van der Waals surface area contributed by atoms with Gasteiger partial charge >= 0.3 is 7.40 Å². The molecule has 0 saturated carbocycles. The second-order valence-electron chi connectivity index (χ2n) is 11.0. The second kappa shape index (κ2) is 12.2. The number of aromatic nitrogens is 1. The van der Waals surface area contributed by atoms with Gasteiger partial charge in [0.1, 0.15) is 23.1 Å². The van der Waals surface area contributed by atoms with E-state index in [1.165, 1.54) is 0 Å². The number of allylic oxidation sites excluding steroid dienone is 1. The van der Waals surface area contributed by atoms with Crippen LogP contribution in [-0.2, 0) is 12.8 Å². The van der Waals surface area contributed by atoms with Crippen molar-refractivity contribution in [2.24, 2.45) is 9.98 Å². The minimum atomic E-state index is -2.85. The SMILES string of the molecule is COc1ccc2c(c1)CCc1c(-c3ccccc3)c(/N=C3\N=C(c4ccc(OC)cc4OC)C=C3c3ccccc3)n(B(F)F)c1-2. The highest BCUT2D eigenvalue weighted by Crippen LogP contribution is 2.48. The summed E-state index contributed by atoms with van der Waals surface area (Å²) in [5.41, 5.74) is 7.46. The molecule has 2 heterocycles. The van der Waals surface area contributed by atoms with Gasteiger partial charge in [-0.25, -0.2) is 9.98 Å². The second-order valence-corrected chi connectivity index (χ2v) is 11.0. The zero-order valence-electron chi connectivity index (χ0n) is 25.6. The van der Waals surface area contributed by atoms with Crippen LogP contribution in [0.3, 0.4) is 0 Å². The van der Waals surface area contributed by atoms with Crippen LogP contribution in [0.2, 0.25) is 0 Å². The van der Waals surface area contributed by atoms with E-state index in [1.54, 1.807) is 27.4 Å². The Morgan fingerprint density at radius 3 is 2.04 bits per heavy atom. The first kappa shape index (κ1) is 29.3. The average Bonchev–Trinajstić information content (AvgIpc) is 3.67. The maximum absolute atomic E-state index is 15.4. The van der Waals surface area contributed by atoms with Crippen LogP contribution < -0.4 is 14.2 Å². The summed E-state index contributed by atoms with van der Waals surface area (Å²) in [5.74, 6) is 2.42. The number of hydrogen-bond donors (Lipinski definition) is 0. The molecule has 0 spiro atoms. The van der Waals surface area contributed by atoms with E-state index in [2.05, 4.69) is 0 Å². The van der Waals surface area contributed by atoms with E-state index in [4.69, 9.17) is 24.2 Å². The van der Waals surface area contributed by atoms with Crippen molar-refractivity contribution in [3.63, 3.8) is 0 Å². The average molecular weight is 613 g/mol. The molecule has 7 rings (SSSR count). The molecule has 2 aliphatic rings. The summed E-state index contributed by atoms with van der Waals surface area (Å²) in [6.45, 7) is 0. The van der Waals surface area contributed by atoms with Crippen molar-refractivity contribution in [1.29, 1.82) is 0 Å². The monoisotopic (exact) mass is 613 g/mol. The number of aryl methyl sites for hydroxylation is 1. The lowest BCUT2D eigenvalue weighted by atomic mass is 9.86. The van der Waals surface area contributed by atoms with Crippen LogP contribution in [0.25, 0.3) is 28.0 Å². The lowest BCUT2D eigenvalue weighted by Gasteiger charge is -2.20. The number of hydrogen-bond acceptors (Lipinski definition) is 4. The lowest BCUT2D eigenvalue weighted by molar-refractivity contribution is 0.394. The molecule has 0 amide bonds. The molecule has 0 bridgehead atoms. The Bertz CT molecular complexity index is 2040. The van der Waals surface area contributed by atoms with E-state index in [9.17, 15) is 0 Å². The summed E-state index contributed by atoms with van der Waals surface area (Å²) in [7, 11) is 1.94. The van der Waals surface area contributed by atoms with Gasteiger partial charge in [0, 0.05) is 34.0 Å². The first-order valence-corrected chi connectivity index (χ1v) is 15.0. The molecule has 0 radical (unpaired) electrons. The van der Waals surface area contributed by atoms with Gasteiger partial charge in [-0.1, -0.05) is 60.7 Å². The van der Waals surface area contributed by atoms with Gasteiger partial charge < -0.3 is 18.7 Å². The Morgan fingerprint density at radius 1 is 0.739 bits per heavy atom. The van der Waals surface area contributed by atoms with Crippen molar-refractivity contribution in [1.82, 2.24) is 4.48 Å². The van der Waals surface area contributed by atoms with Crippen molar-refractivity contribution in [3.8, 4) is 39.6 Å². The van der Waals surface area contributed by atoms with E-state index in [-0.39, 0.29) is 5.82 Å². The van der Waals surface area contributed by atoms with Gasteiger partial charge in [-0.05, 0) is 71.5 Å². The van der Waals surface area contributed by atoms with E-state index in [1.807, 2.05) is 97.1 Å². The molecule has 9 heteroatoms. The number of aliphatic imine (C=N–C) groups is 2. The van der Waals surface area contributed by atoms with Crippen LogP contribution >= 0.6 is 0 Å². The third kappa shape index (κ3) is 5.07. The number of nitrogens with zero attached hydrogens (tertiary/aromatic N) is 3. The molecule has 1 aromatic heterocycles. The van der Waals surface area contributed by atoms with E-state index in [0.29, 0.717) is 52.9 Å². The molecular weight excluding hydrogens is 583 g/mol. The Morgan fingerprint density at radius 2 is 1.39 bits per heavy atom. The fraction of sp³-hybridized carbons (Fsp3) is 0.135. The molecule has 46 heavy (non-hydrogen) atoms. The predicted molar refractivity (Wildman–Crippen MR) is 180 cm³/mol. The number of methoxy groups -OCH3 is 3. The zero-order chi connectivity index (χ0) is 31.8. The van der Waals surface area contributed by atoms with Crippen molar-refractivity contribution in [3.05, 3.63) is 125 Å². The summed E-state index contributed by atoms with van der Waals surface area (Å²) < 4.78 is 48.4. The molecule has 4 aromatic carbocycles. The van der Waals surface area contributed by atoms with E-state index < -0.39 is 7.40 Å². The summed E-state index contributed by atoms with van der Waals surface area (Å²) in [4.78, 5) is 10.0. The molecule has 0 fully saturated rings. The number of fused-ring (bicyclic) bond motifs is 3. The van der Waals surface area contributed by atoms with Gasteiger partial charge in [-0.2, -0.15) is 0 Å². The van der Waals surface area contributed by atoms with Gasteiger partial charge in [0.05, 0.1) is 27.0 Å². The molecule has 0 N–H and O–H groups in total. The smallest absolute Gasteiger partial charge is 0.497 e. The van der Waals surface area contributed by atoms with Crippen LogP contribution in [0.1, 0.15) is 22.3 Å². The van der Waals surface area contributed by atoms with Crippen molar-refractivity contribution in [2.45, 2.75) is 12.8 Å². The Kier molecular flexibility index (Phi) is 7.74. The van der Waals surface area contributed by atoms with Crippen molar-refractivity contribution in [2.75, 3.05) is 21.3 Å². The molecule has 1 aliphatic carbocycles. The molecule has 228 valence electrons. The standard InChI is InChI=1S/C37H30BF2N3O3/c1-44-26-15-18-28-25(20-26)14-17-30-34(24-12-8-5-9-13-24)37(43(35(28)30)38(39)40)42-36-31(23-10-6-4-7-11-23)22-32(41-36)29-19-16-27(45-2)21-33(29)46-3/h4-13,15-16,18-22H,14,17H2,1-3H3/b42-36-. The van der Waals surface area contributed by atoms with Gasteiger partial charge in [-0.15, -0.1) is 0 Å². The highest BCUT2D eigenvalue weighted by Gasteiger charge is 2.36. The molecule has 0 saturated heterocycles. The Labute approximate surface area is 266 Å². The fourth-order valence-corrected chi connectivity index (χ4v) is 6.34. The molecular formula is C37H30BF2N3O3. The fourth-order valence-electron chi connectivity index (χ4n) is 6.34. The summed E-state index contributed by atoms with van der Waals surface area (Å²) in [5, 5.41) is 0. The van der Waals surface area contributed by atoms with Crippen molar-refractivity contribution < 1.29 is 22.8 Å². The Hall–Kier alpha value is -5.44. The number of halogens is 2. The molecule has 0 unspecified atom stereocenters. The highest BCUT2D eigenvalue weighted by molar-refractivity contribution is 6.44. The topological polar surface area (TPSA) is 57.3 Å². The van der Waals surface area contributed by atoms with Crippen LogP contribution in [0.15, 0.2) is 113 Å². The van der Waals surface area contributed by atoms with E-state index >= 15 is 8.63 Å². The van der Waals surface area contributed by atoms with Crippen LogP contribution in [0.4, 0.5) is 14.4 Å². The predicted octanol–water partition coefficient (Wildman–Crippen LogP) is 8.34. The first-order chi connectivity index (χ1) is 22.5. The maximum atomic E-state index is 15.4. The van der Waals surface area contributed by atoms with Gasteiger partial charge in [-0.3, -0.25) is 8.63 Å². The third-order valence-electron chi connectivity index (χ3n) is 8.48. The van der Waals surface area contributed by atoms with Gasteiger partial charge in [0.15, 0.2) is 5.84 Å². The maximum Gasteiger partial charge on any atom is 0.679 e. The number of benzene rings is 4. The molecule has 6 nitrogen and oxygen atoms in total. The van der Waals surface area contributed by atoms with Crippen LogP contribution in [0.5, 0.6) is 17.2 Å². The quantitative estimate of drug-likeness (QED) is 0.165. The largest absolute Gasteiger partial charge is 0.679 e. The van der Waals surface area contributed by atoms with Gasteiger partial charge in [0.2, 0.25) is 0 Å². The number of rotatable bonds is 8. The molecule has 1 aliphatic heterocycles. The van der Waals surface area contributed by atoms with Crippen LogP contribution in [0, 0.1) is 0 Å². The molecule has 0 atom stereocenters. The Balaban J connectivity index is 1.50. The number of amidine groups is 1. The third-order valence-corrected chi connectivity index (χ3v) is 8.48. The van der Waals surface area contributed by atoms with Gasteiger partial charge in [0.25, 0.3) is 0 Å². The summed E-state index contributed by atoms with van der Waals surface area (Å²) >= 11 is 0. The zero-order valence-corrected chi connectivity index (χ0v) is 25.6. The molecule has 5 aromatic rings. The summed E-state index contributed by atoms with van der Waals surface area (Å²) in [6, 6.07) is 30.5. The van der Waals surface area contributed by atoms with E-state index in [0.717, 1.165) is 43.4 Å².